The molecule has 1 aromatic heterocycles. The van der Waals surface area contributed by atoms with Crippen molar-refractivity contribution in [2.45, 2.75) is 20.0 Å². The van der Waals surface area contributed by atoms with Crippen molar-refractivity contribution in [2.24, 2.45) is 0 Å². The SMILES string of the molecule is COC(C)c1ccc(C(=O)Nc2ccc(Oc3cccc(I)c3)cc2)c(C)n1. The van der Waals surface area contributed by atoms with Gasteiger partial charge >= 0.3 is 0 Å². The normalized spacial score (nSPS) is 11.7. The summed E-state index contributed by atoms with van der Waals surface area (Å²) < 4.78 is 12.2. The fourth-order valence-electron chi connectivity index (χ4n) is 2.64. The van der Waals surface area contributed by atoms with Crippen LogP contribution in [0.5, 0.6) is 11.5 Å². The van der Waals surface area contributed by atoms with Crippen molar-refractivity contribution in [1.29, 1.82) is 0 Å². The molecule has 1 atom stereocenters. The van der Waals surface area contributed by atoms with Crippen LogP contribution in [0.3, 0.4) is 0 Å². The molecular formula is C22H21IN2O3. The molecule has 0 bridgehead atoms. The molecule has 0 radical (unpaired) electrons. The number of amides is 1. The van der Waals surface area contributed by atoms with E-state index in [0.717, 1.165) is 15.0 Å². The standard InChI is InChI=1S/C22H21IN2O3/c1-14-20(11-12-21(24-14)15(2)27-3)22(26)25-17-7-9-18(10-8-17)28-19-6-4-5-16(23)13-19/h4-13,15H,1-3H3,(H,25,26). The zero-order chi connectivity index (χ0) is 20.1. The Morgan fingerprint density at radius 1 is 1.07 bits per heavy atom. The molecule has 5 nitrogen and oxygen atoms in total. The second-order valence-corrected chi connectivity index (χ2v) is 7.53. The minimum Gasteiger partial charge on any atom is -0.457 e. The summed E-state index contributed by atoms with van der Waals surface area (Å²) in [6.45, 7) is 3.74. The van der Waals surface area contributed by atoms with Crippen molar-refractivity contribution in [3.8, 4) is 11.5 Å². The minimum absolute atomic E-state index is 0.115. The molecule has 0 saturated heterocycles. The Morgan fingerprint density at radius 3 is 2.46 bits per heavy atom. The third-order valence-corrected chi connectivity index (χ3v) is 4.94. The first kappa shape index (κ1) is 20.3. The van der Waals surface area contributed by atoms with Gasteiger partial charge < -0.3 is 14.8 Å². The summed E-state index contributed by atoms with van der Waals surface area (Å²) in [4.78, 5) is 17.1. The maximum absolute atomic E-state index is 12.6. The molecule has 3 rings (SSSR count). The van der Waals surface area contributed by atoms with Gasteiger partial charge in [0, 0.05) is 16.4 Å². The van der Waals surface area contributed by atoms with E-state index in [1.807, 2.05) is 68.4 Å². The van der Waals surface area contributed by atoms with Crippen LogP contribution in [0.4, 0.5) is 5.69 Å². The topological polar surface area (TPSA) is 60.5 Å². The number of aryl methyl sites for hydroxylation is 1. The van der Waals surface area contributed by atoms with Gasteiger partial charge in [0.15, 0.2) is 0 Å². The highest BCUT2D eigenvalue weighted by molar-refractivity contribution is 14.1. The van der Waals surface area contributed by atoms with E-state index in [-0.39, 0.29) is 12.0 Å². The first-order chi connectivity index (χ1) is 13.5. The van der Waals surface area contributed by atoms with Crippen molar-refractivity contribution >= 4 is 34.2 Å². The number of hydrogen-bond donors (Lipinski definition) is 1. The summed E-state index contributed by atoms with van der Waals surface area (Å²) in [5.41, 5.74) is 2.69. The molecule has 1 amide bonds. The van der Waals surface area contributed by atoms with Gasteiger partial charge in [-0.2, -0.15) is 0 Å². The van der Waals surface area contributed by atoms with Crippen molar-refractivity contribution < 1.29 is 14.3 Å². The van der Waals surface area contributed by atoms with Crippen LogP contribution in [0.15, 0.2) is 60.7 Å². The van der Waals surface area contributed by atoms with Crippen LogP contribution in [0, 0.1) is 10.5 Å². The lowest BCUT2D eigenvalue weighted by atomic mass is 10.1. The molecule has 0 aliphatic carbocycles. The zero-order valence-corrected chi connectivity index (χ0v) is 18.1. The van der Waals surface area contributed by atoms with Crippen LogP contribution in [-0.2, 0) is 4.74 Å². The Labute approximate surface area is 178 Å². The molecule has 0 aliphatic heterocycles. The summed E-state index contributed by atoms with van der Waals surface area (Å²) in [7, 11) is 1.63. The van der Waals surface area contributed by atoms with Crippen LogP contribution in [0.2, 0.25) is 0 Å². The van der Waals surface area contributed by atoms with Gasteiger partial charge in [-0.1, -0.05) is 6.07 Å². The number of anilines is 1. The van der Waals surface area contributed by atoms with Crippen molar-refractivity contribution in [2.75, 3.05) is 12.4 Å². The summed E-state index contributed by atoms with van der Waals surface area (Å²) in [5, 5.41) is 2.89. The molecule has 0 fully saturated rings. The summed E-state index contributed by atoms with van der Waals surface area (Å²) in [6.07, 6.45) is -0.115. The highest BCUT2D eigenvalue weighted by Crippen LogP contribution is 2.25. The molecule has 28 heavy (non-hydrogen) atoms. The second-order valence-electron chi connectivity index (χ2n) is 6.28. The number of methoxy groups -OCH3 is 1. The van der Waals surface area contributed by atoms with Gasteiger partial charge in [0.25, 0.3) is 5.91 Å². The number of rotatable bonds is 6. The summed E-state index contributed by atoms with van der Waals surface area (Å²) in [6, 6.07) is 18.7. The molecule has 6 heteroatoms. The highest BCUT2D eigenvalue weighted by Gasteiger charge is 2.13. The summed E-state index contributed by atoms with van der Waals surface area (Å²) >= 11 is 2.24. The van der Waals surface area contributed by atoms with Crippen LogP contribution >= 0.6 is 22.6 Å². The van der Waals surface area contributed by atoms with E-state index >= 15 is 0 Å². The molecule has 1 N–H and O–H groups in total. The summed E-state index contributed by atoms with van der Waals surface area (Å²) in [5.74, 6) is 1.28. The van der Waals surface area contributed by atoms with E-state index in [0.29, 0.717) is 22.7 Å². The fourth-order valence-corrected chi connectivity index (χ4v) is 3.15. The Bertz CT molecular complexity index is 974. The largest absolute Gasteiger partial charge is 0.457 e. The lowest BCUT2D eigenvalue weighted by Crippen LogP contribution is -2.15. The van der Waals surface area contributed by atoms with Gasteiger partial charge in [-0.25, -0.2) is 0 Å². The van der Waals surface area contributed by atoms with E-state index in [4.69, 9.17) is 9.47 Å². The second kappa shape index (κ2) is 9.16. The number of pyridine rings is 1. The number of nitrogens with zero attached hydrogens (tertiary/aromatic N) is 1. The number of carbonyl (C=O) groups excluding carboxylic acids is 1. The van der Waals surface area contributed by atoms with Crippen LogP contribution in [0.25, 0.3) is 0 Å². The molecule has 1 unspecified atom stereocenters. The quantitative estimate of drug-likeness (QED) is 0.450. The average molecular weight is 488 g/mol. The van der Waals surface area contributed by atoms with Crippen LogP contribution < -0.4 is 10.1 Å². The number of carbonyl (C=O) groups is 1. The van der Waals surface area contributed by atoms with Gasteiger partial charge in [0.2, 0.25) is 0 Å². The van der Waals surface area contributed by atoms with Gasteiger partial charge in [-0.05, 0) is 91.0 Å². The van der Waals surface area contributed by atoms with E-state index in [1.165, 1.54) is 0 Å². The zero-order valence-electron chi connectivity index (χ0n) is 15.9. The van der Waals surface area contributed by atoms with E-state index < -0.39 is 0 Å². The molecule has 2 aromatic carbocycles. The molecule has 1 heterocycles. The highest BCUT2D eigenvalue weighted by atomic mass is 127. The van der Waals surface area contributed by atoms with Crippen LogP contribution in [-0.4, -0.2) is 18.0 Å². The molecule has 0 aliphatic rings. The van der Waals surface area contributed by atoms with Crippen molar-refractivity contribution in [3.63, 3.8) is 0 Å². The number of benzene rings is 2. The predicted molar refractivity (Wildman–Crippen MR) is 118 cm³/mol. The number of halogens is 1. The smallest absolute Gasteiger partial charge is 0.257 e. The van der Waals surface area contributed by atoms with Gasteiger partial charge in [0.05, 0.1) is 23.1 Å². The van der Waals surface area contributed by atoms with E-state index in [1.54, 1.807) is 13.2 Å². The number of ether oxygens (including phenoxy) is 2. The molecule has 0 saturated carbocycles. The lowest BCUT2D eigenvalue weighted by molar-refractivity contribution is 0.102. The molecule has 144 valence electrons. The Hall–Kier alpha value is -2.45. The Morgan fingerprint density at radius 2 is 1.82 bits per heavy atom. The van der Waals surface area contributed by atoms with Gasteiger partial charge in [-0.3, -0.25) is 9.78 Å². The predicted octanol–water partition coefficient (Wildman–Crippen LogP) is 5.75. The van der Waals surface area contributed by atoms with Crippen molar-refractivity contribution in [3.05, 3.63) is 81.2 Å². The maximum atomic E-state index is 12.6. The van der Waals surface area contributed by atoms with Gasteiger partial charge in [-0.15, -0.1) is 0 Å². The first-order valence-electron chi connectivity index (χ1n) is 8.81. The monoisotopic (exact) mass is 488 g/mol. The maximum Gasteiger partial charge on any atom is 0.257 e. The number of nitrogens with one attached hydrogen (secondary N) is 1. The molecule has 3 aromatic rings. The number of hydrogen-bond acceptors (Lipinski definition) is 4. The molecule has 0 spiro atoms. The minimum atomic E-state index is -0.201. The Balaban J connectivity index is 1.67. The van der Waals surface area contributed by atoms with E-state index in [9.17, 15) is 4.79 Å². The van der Waals surface area contributed by atoms with E-state index in [2.05, 4.69) is 32.9 Å². The lowest BCUT2D eigenvalue weighted by Gasteiger charge is -2.12. The third-order valence-electron chi connectivity index (χ3n) is 4.27. The average Bonchev–Trinajstić information content (AvgIpc) is 2.68. The first-order valence-corrected chi connectivity index (χ1v) is 9.89. The fraction of sp³-hybridized carbons (Fsp3) is 0.182. The third kappa shape index (κ3) is 5.08. The van der Waals surface area contributed by atoms with Gasteiger partial charge in [0.1, 0.15) is 11.5 Å². The molecular weight excluding hydrogens is 467 g/mol. The number of aromatic nitrogens is 1. The van der Waals surface area contributed by atoms with Crippen LogP contribution in [0.1, 0.15) is 34.8 Å². The van der Waals surface area contributed by atoms with Crippen molar-refractivity contribution in [1.82, 2.24) is 4.98 Å². The Kier molecular flexibility index (Phi) is 6.64.